The molecule has 26 heavy (non-hydrogen) atoms. The van der Waals surface area contributed by atoms with E-state index in [-0.39, 0.29) is 12.0 Å². The number of rotatable bonds is 7. The number of fused-ring (bicyclic) bond motifs is 2. The molecule has 2 aromatic carbocycles. The molecule has 1 N–H and O–H groups in total. The van der Waals surface area contributed by atoms with Gasteiger partial charge in [0.05, 0.1) is 12.2 Å². The Labute approximate surface area is 153 Å². The minimum atomic E-state index is -0.0340. The molecule has 4 nitrogen and oxygen atoms in total. The van der Waals surface area contributed by atoms with E-state index in [2.05, 4.69) is 5.32 Å². The molecule has 0 aromatic heterocycles. The molecule has 0 bridgehead atoms. The summed E-state index contributed by atoms with van der Waals surface area (Å²) >= 11 is 0. The number of ether oxygens (including phenoxy) is 2. The molecule has 4 heteroatoms. The SMILES string of the molecule is O=C(NCCC1C2CCCC21)c1ccc2ccccc2c1OCC1CO1. The smallest absolute Gasteiger partial charge is 0.255 e. The summed E-state index contributed by atoms with van der Waals surface area (Å²) in [5.41, 5.74) is 0.625. The maximum absolute atomic E-state index is 12.8. The third kappa shape index (κ3) is 3.07. The van der Waals surface area contributed by atoms with Crippen molar-refractivity contribution in [1.29, 1.82) is 0 Å². The normalized spacial score (nSPS) is 28.6. The van der Waals surface area contributed by atoms with Crippen LogP contribution < -0.4 is 10.1 Å². The minimum absolute atomic E-state index is 0.0340. The fourth-order valence-corrected chi connectivity index (χ4v) is 4.76. The lowest BCUT2D eigenvalue weighted by atomic mass is 10.0. The van der Waals surface area contributed by atoms with Gasteiger partial charge in [-0.1, -0.05) is 36.8 Å². The summed E-state index contributed by atoms with van der Waals surface area (Å²) in [6.45, 7) is 2.00. The second-order valence-corrected chi connectivity index (χ2v) is 7.90. The Hall–Kier alpha value is -2.07. The first-order valence-corrected chi connectivity index (χ1v) is 9.85. The van der Waals surface area contributed by atoms with E-state index in [4.69, 9.17) is 9.47 Å². The number of carbonyl (C=O) groups excluding carboxylic acids is 1. The Balaban J connectivity index is 1.29. The molecule has 5 rings (SSSR count). The van der Waals surface area contributed by atoms with Gasteiger partial charge in [-0.15, -0.1) is 0 Å². The topological polar surface area (TPSA) is 50.9 Å². The standard InChI is InChI=1S/C22H25NO3/c24-22(23-11-10-19-17-6-3-7-18(17)19)20-9-8-14-4-1-2-5-16(14)21(20)26-13-15-12-25-15/h1-2,4-5,8-9,15,17-19H,3,6-7,10-13H2,(H,23,24). The zero-order valence-electron chi connectivity index (χ0n) is 14.9. The van der Waals surface area contributed by atoms with Gasteiger partial charge in [0.25, 0.3) is 5.91 Å². The van der Waals surface area contributed by atoms with Gasteiger partial charge in [0.15, 0.2) is 0 Å². The number of hydrogen-bond acceptors (Lipinski definition) is 3. The first kappa shape index (κ1) is 16.1. The van der Waals surface area contributed by atoms with Crippen LogP contribution in [0.1, 0.15) is 36.0 Å². The van der Waals surface area contributed by atoms with Crippen molar-refractivity contribution in [3.63, 3.8) is 0 Å². The molecule has 3 fully saturated rings. The number of carbonyl (C=O) groups is 1. The van der Waals surface area contributed by atoms with E-state index in [9.17, 15) is 4.79 Å². The summed E-state index contributed by atoms with van der Waals surface area (Å²) in [6, 6.07) is 11.9. The Morgan fingerprint density at radius 3 is 2.77 bits per heavy atom. The Bertz CT molecular complexity index is 819. The molecular weight excluding hydrogens is 326 g/mol. The summed E-state index contributed by atoms with van der Waals surface area (Å²) in [6.07, 6.45) is 5.48. The van der Waals surface area contributed by atoms with Gasteiger partial charge in [0.1, 0.15) is 18.5 Å². The zero-order valence-corrected chi connectivity index (χ0v) is 14.9. The first-order chi connectivity index (χ1) is 12.8. The summed E-state index contributed by atoms with van der Waals surface area (Å²) in [5, 5.41) is 5.19. The van der Waals surface area contributed by atoms with Crippen molar-refractivity contribution in [1.82, 2.24) is 5.32 Å². The number of benzene rings is 2. The van der Waals surface area contributed by atoms with E-state index < -0.39 is 0 Å². The highest BCUT2D eigenvalue weighted by atomic mass is 16.6. The van der Waals surface area contributed by atoms with Crippen LogP contribution in [0.15, 0.2) is 36.4 Å². The second kappa shape index (κ2) is 6.58. The van der Waals surface area contributed by atoms with E-state index in [0.29, 0.717) is 17.9 Å². The van der Waals surface area contributed by atoms with Gasteiger partial charge < -0.3 is 14.8 Å². The van der Waals surface area contributed by atoms with E-state index >= 15 is 0 Å². The molecule has 0 radical (unpaired) electrons. The van der Waals surface area contributed by atoms with Gasteiger partial charge in [-0.25, -0.2) is 0 Å². The van der Waals surface area contributed by atoms with Crippen molar-refractivity contribution in [2.24, 2.45) is 17.8 Å². The van der Waals surface area contributed by atoms with Crippen molar-refractivity contribution in [2.75, 3.05) is 19.8 Å². The molecule has 0 spiro atoms. The predicted octanol–water partition coefficient (Wildman–Crippen LogP) is 3.78. The van der Waals surface area contributed by atoms with Crippen LogP contribution in [0.3, 0.4) is 0 Å². The van der Waals surface area contributed by atoms with E-state index in [1.54, 1.807) is 0 Å². The first-order valence-electron chi connectivity index (χ1n) is 9.85. The summed E-state index contributed by atoms with van der Waals surface area (Å²) in [5.74, 6) is 3.39. The van der Waals surface area contributed by atoms with Crippen molar-refractivity contribution < 1.29 is 14.3 Å². The van der Waals surface area contributed by atoms with Crippen molar-refractivity contribution >= 4 is 16.7 Å². The van der Waals surface area contributed by atoms with Crippen molar-refractivity contribution in [2.45, 2.75) is 31.8 Å². The quantitative estimate of drug-likeness (QED) is 0.772. The lowest BCUT2D eigenvalue weighted by Gasteiger charge is -2.14. The Morgan fingerprint density at radius 1 is 1.15 bits per heavy atom. The van der Waals surface area contributed by atoms with Crippen LogP contribution >= 0.6 is 0 Å². The maximum Gasteiger partial charge on any atom is 0.255 e. The van der Waals surface area contributed by atoms with Crippen molar-refractivity contribution in [3.05, 3.63) is 42.0 Å². The maximum atomic E-state index is 12.8. The molecule has 1 amide bonds. The van der Waals surface area contributed by atoms with Crippen LogP contribution in [0.25, 0.3) is 10.8 Å². The van der Waals surface area contributed by atoms with Gasteiger partial charge in [0.2, 0.25) is 0 Å². The Kier molecular flexibility index (Phi) is 4.08. The minimum Gasteiger partial charge on any atom is -0.489 e. The molecule has 1 heterocycles. The molecule has 136 valence electrons. The number of nitrogens with one attached hydrogen (secondary N) is 1. The van der Waals surface area contributed by atoms with Gasteiger partial charge in [-0.3, -0.25) is 4.79 Å². The average molecular weight is 351 g/mol. The predicted molar refractivity (Wildman–Crippen MR) is 100 cm³/mol. The lowest BCUT2D eigenvalue weighted by Crippen LogP contribution is -2.26. The zero-order chi connectivity index (χ0) is 17.5. The van der Waals surface area contributed by atoms with Crippen LogP contribution in [-0.4, -0.2) is 31.8 Å². The van der Waals surface area contributed by atoms with Gasteiger partial charge >= 0.3 is 0 Å². The van der Waals surface area contributed by atoms with Crippen molar-refractivity contribution in [3.8, 4) is 5.75 Å². The fourth-order valence-electron chi connectivity index (χ4n) is 4.76. The van der Waals surface area contributed by atoms with E-state index in [1.165, 1.54) is 19.3 Å². The molecule has 3 unspecified atom stereocenters. The van der Waals surface area contributed by atoms with E-state index in [1.807, 2.05) is 36.4 Å². The number of epoxide rings is 1. The fraction of sp³-hybridized carbons (Fsp3) is 0.500. The molecular formula is C22H25NO3. The highest BCUT2D eigenvalue weighted by Gasteiger charge is 2.51. The number of hydrogen-bond donors (Lipinski definition) is 1. The third-order valence-corrected chi connectivity index (χ3v) is 6.29. The van der Waals surface area contributed by atoms with Gasteiger partial charge in [0, 0.05) is 11.9 Å². The van der Waals surface area contributed by atoms with Crippen LogP contribution in [-0.2, 0) is 4.74 Å². The highest BCUT2D eigenvalue weighted by molar-refractivity contribution is 6.03. The van der Waals surface area contributed by atoms with Gasteiger partial charge in [-0.2, -0.15) is 0 Å². The molecule has 3 atom stereocenters. The highest BCUT2D eigenvalue weighted by Crippen LogP contribution is 2.58. The van der Waals surface area contributed by atoms with Crippen LogP contribution in [0.2, 0.25) is 0 Å². The molecule has 1 aliphatic heterocycles. The third-order valence-electron chi connectivity index (χ3n) is 6.29. The second-order valence-electron chi connectivity index (χ2n) is 7.90. The molecule has 3 aliphatic rings. The molecule has 2 saturated carbocycles. The summed E-state index contributed by atoms with van der Waals surface area (Å²) in [4.78, 5) is 12.8. The summed E-state index contributed by atoms with van der Waals surface area (Å²) in [7, 11) is 0. The van der Waals surface area contributed by atoms with Crippen LogP contribution in [0, 0.1) is 17.8 Å². The summed E-state index contributed by atoms with van der Waals surface area (Å²) < 4.78 is 11.3. The average Bonchev–Trinajstić information content (AvgIpc) is 3.57. The molecule has 2 aromatic rings. The van der Waals surface area contributed by atoms with Crippen LogP contribution in [0.5, 0.6) is 5.75 Å². The Morgan fingerprint density at radius 2 is 1.96 bits per heavy atom. The van der Waals surface area contributed by atoms with E-state index in [0.717, 1.165) is 48.1 Å². The molecule has 2 aliphatic carbocycles. The monoisotopic (exact) mass is 351 g/mol. The largest absolute Gasteiger partial charge is 0.489 e. The molecule has 1 saturated heterocycles. The lowest BCUT2D eigenvalue weighted by molar-refractivity contribution is 0.0948. The number of amides is 1. The van der Waals surface area contributed by atoms with Crippen LogP contribution in [0.4, 0.5) is 0 Å². The van der Waals surface area contributed by atoms with Gasteiger partial charge in [-0.05, 0) is 48.5 Å².